The maximum atomic E-state index is 10.6. The van der Waals surface area contributed by atoms with Gasteiger partial charge in [-0.15, -0.1) is 0 Å². The molecule has 1 aromatic heterocycles. The smallest absolute Gasteiger partial charge is 0.311 e. The summed E-state index contributed by atoms with van der Waals surface area (Å²) in [6.07, 6.45) is 1.55. The minimum Gasteiger partial charge on any atom is -0.481 e. The van der Waals surface area contributed by atoms with Crippen molar-refractivity contribution in [1.82, 2.24) is 4.37 Å². The van der Waals surface area contributed by atoms with E-state index in [1.54, 1.807) is 0 Å². The number of aliphatic carboxylic acids is 1. The van der Waals surface area contributed by atoms with E-state index in [1.807, 2.05) is 5.38 Å². The van der Waals surface area contributed by atoms with Crippen molar-refractivity contribution in [1.29, 1.82) is 0 Å². The van der Waals surface area contributed by atoms with Crippen LogP contribution in [0.3, 0.4) is 0 Å². The summed E-state index contributed by atoms with van der Waals surface area (Å²) in [5.41, 5.74) is 1.92. The molecule has 1 heterocycles. The van der Waals surface area contributed by atoms with Crippen LogP contribution in [-0.4, -0.2) is 15.4 Å². The Bertz CT molecular complexity index is 294. The highest BCUT2D eigenvalue weighted by molar-refractivity contribution is 7.03. The van der Waals surface area contributed by atoms with Crippen LogP contribution in [0.15, 0.2) is 5.38 Å². The summed E-state index contributed by atoms with van der Waals surface area (Å²) >= 11 is 1.35. The molecule has 0 bridgehead atoms. The topological polar surface area (TPSA) is 50.2 Å². The van der Waals surface area contributed by atoms with E-state index in [1.165, 1.54) is 11.5 Å². The highest BCUT2D eigenvalue weighted by atomic mass is 32.1. The van der Waals surface area contributed by atoms with Crippen LogP contribution < -0.4 is 0 Å². The van der Waals surface area contributed by atoms with E-state index in [2.05, 4.69) is 4.37 Å². The third-order valence-electron chi connectivity index (χ3n) is 2.02. The summed E-state index contributed by atoms with van der Waals surface area (Å²) in [5, 5.41) is 10.6. The number of rotatable bonds is 1. The first-order valence-electron chi connectivity index (χ1n) is 3.45. The average Bonchev–Trinajstić information content (AvgIpc) is 2.41. The van der Waals surface area contributed by atoms with Crippen LogP contribution in [0.25, 0.3) is 0 Å². The molecule has 1 aliphatic carbocycles. The van der Waals surface area contributed by atoms with E-state index in [0.717, 1.165) is 24.1 Å². The lowest BCUT2D eigenvalue weighted by Crippen LogP contribution is -2.06. The lowest BCUT2D eigenvalue weighted by Gasteiger charge is -1.99. The van der Waals surface area contributed by atoms with Gasteiger partial charge >= 0.3 is 5.97 Å². The van der Waals surface area contributed by atoms with E-state index < -0.39 is 5.97 Å². The molecule has 1 aliphatic rings. The summed E-state index contributed by atoms with van der Waals surface area (Å²) in [4.78, 5) is 10.6. The molecule has 0 spiro atoms. The van der Waals surface area contributed by atoms with Crippen molar-refractivity contribution in [3.8, 4) is 0 Å². The summed E-state index contributed by atoms with van der Waals surface area (Å²) in [7, 11) is 0. The fourth-order valence-electron chi connectivity index (χ4n) is 1.43. The Hall–Kier alpha value is -0.900. The van der Waals surface area contributed by atoms with Gasteiger partial charge in [-0.2, -0.15) is 4.37 Å². The number of fused-ring (bicyclic) bond motifs is 1. The molecule has 1 atom stereocenters. The van der Waals surface area contributed by atoms with Crippen LogP contribution in [0.5, 0.6) is 0 Å². The first-order chi connectivity index (χ1) is 5.29. The average molecular weight is 169 g/mol. The molecule has 0 radical (unpaired) electrons. The lowest BCUT2D eigenvalue weighted by molar-refractivity contribution is -0.138. The SMILES string of the molecule is O=C(O)C1CCc2nscc21. The van der Waals surface area contributed by atoms with Crippen LogP contribution in [0.4, 0.5) is 0 Å². The number of carboxylic acid groups (broad SMARTS) is 1. The normalized spacial score (nSPS) is 21.6. The number of carbonyl (C=O) groups is 1. The predicted octanol–water partition coefficient (Wildman–Crippen LogP) is 1.26. The van der Waals surface area contributed by atoms with Crippen molar-refractivity contribution in [2.45, 2.75) is 18.8 Å². The summed E-state index contributed by atoms with van der Waals surface area (Å²) in [6.45, 7) is 0. The van der Waals surface area contributed by atoms with Gasteiger partial charge in [0.1, 0.15) is 0 Å². The van der Waals surface area contributed by atoms with Crippen molar-refractivity contribution >= 4 is 17.5 Å². The largest absolute Gasteiger partial charge is 0.481 e. The molecule has 4 heteroatoms. The Labute approximate surface area is 67.8 Å². The van der Waals surface area contributed by atoms with Gasteiger partial charge in [0, 0.05) is 10.9 Å². The van der Waals surface area contributed by atoms with Crippen molar-refractivity contribution in [3.63, 3.8) is 0 Å². The fourth-order valence-corrected chi connectivity index (χ4v) is 2.22. The Kier molecular flexibility index (Phi) is 1.42. The predicted molar refractivity (Wildman–Crippen MR) is 40.8 cm³/mol. The van der Waals surface area contributed by atoms with E-state index in [-0.39, 0.29) is 5.92 Å². The quantitative estimate of drug-likeness (QED) is 0.688. The minimum atomic E-state index is -0.719. The van der Waals surface area contributed by atoms with E-state index in [0.29, 0.717) is 0 Å². The van der Waals surface area contributed by atoms with Crippen molar-refractivity contribution in [2.75, 3.05) is 0 Å². The molecule has 1 aromatic rings. The summed E-state index contributed by atoms with van der Waals surface area (Å²) in [5.74, 6) is -1.01. The Morgan fingerprint density at radius 1 is 1.82 bits per heavy atom. The number of hydrogen-bond donors (Lipinski definition) is 1. The van der Waals surface area contributed by atoms with Crippen LogP contribution in [0.1, 0.15) is 23.6 Å². The zero-order valence-electron chi connectivity index (χ0n) is 5.78. The van der Waals surface area contributed by atoms with Crippen molar-refractivity contribution < 1.29 is 9.90 Å². The molecule has 58 valence electrons. The molecule has 0 saturated heterocycles. The highest BCUT2D eigenvalue weighted by Gasteiger charge is 2.29. The second-order valence-corrected chi connectivity index (χ2v) is 3.28. The molecule has 3 nitrogen and oxygen atoms in total. The summed E-state index contributed by atoms with van der Waals surface area (Å²) < 4.78 is 4.11. The Morgan fingerprint density at radius 2 is 2.64 bits per heavy atom. The van der Waals surface area contributed by atoms with Crippen LogP contribution in [0, 0.1) is 0 Å². The van der Waals surface area contributed by atoms with Gasteiger partial charge in [0.25, 0.3) is 0 Å². The maximum absolute atomic E-state index is 10.6. The molecule has 1 unspecified atom stereocenters. The number of nitrogens with zero attached hydrogens (tertiary/aromatic N) is 1. The standard InChI is InChI=1S/C7H7NO2S/c9-7(10)4-1-2-6-5(4)3-11-8-6/h3-4H,1-2H2,(H,9,10). The van der Waals surface area contributed by atoms with Crippen LogP contribution in [-0.2, 0) is 11.2 Å². The first-order valence-corrected chi connectivity index (χ1v) is 4.28. The zero-order valence-corrected chi connectivity index (χ0v) is 6.60. The Morgan fingerprint density at radius 3 is 3.36 bits per heavy atom. The minimum absolute atomic E-state index is 0.288. The molecule has 11 heavy (non-hydrogen) atoms. The van der Waals surface area contributed by atoms with E-state index in [9.17, 15) is 4.79 Å². The van der Waals surface area contributed by atoms with Crippen molar-refractivity contribution in [3.05, 3.63) is 16.6 Å². The van der Waals surface area contributed by atoms with Crippen LogP contribution >= 0.6 is 11.5 Å². The third kappa shape index (κ3) is 0.939. The number of aromatic nitrogens is 1. The van der Waals surface area contributed by atoms with Gasteiger partial charge in [0.05, 0.1) is 11.6 Å². The van der Waals surface area contributed by atoms with Gasteiger partial charge in [0.2, 0.25) is 0 Å². The molecular formula is C7H7NO2S. The lowest BCUT2D eigenvalue weighted by atomic mass is 10.1. The maximum Gasteiger partial charge on any atom is 0.311 e. The number of carboxylic acids is 1. The van der Waals surface area contributed by atoms with Gasteiger partial charge in [-0.05, 0) is 24.4 Å². The number of aryl methyl sites for hydroxylation is 1. The van der Waals surface area contributed by atoms with E-state index in [4.69, 9.17) is 5.11 Å². The molecule has 0 aromatic carbocycles. The third-order valence-corrected chi connectivity index (χ3v) is 2.70. The van der Waals surface area contributed by atoms with Gasteiger partial charge in [0.15, 0.2) is 0 Å². The second kappa shape index (κ2) is 2.30. The van der Waals surface area contributed by atoms with Gasteiger partial charge < -0.3 is 5.11 Å². The van der Waals surface area contributed by atoms with Gasteiger partial charge in [-0.25, -0.2) is 0 Å². The zero-order chi connectivity index (χ0) is 7.84. The van der Waals surface area contributed by atoms with Gasteiger partial charge in [-0.1, -0.05) is 0 Å². The van der Waals surface area contributed by atoms with E-state index >= 15 is 0 Å². The molecular weight excluding hydrogens is 162 g/mol. The fraction of sp³-hybridized carbons (Fsp3) is 0.429. The second-order valence-electron chi connectivity index (χ2n) is 2.65. The van der Waals surface area contributed by atoms with Crippen molar-refractivity contribution in [2.24, 2.45) is 0 Å². The van der Waals surface area contributed by atoms with Gasteiger partial charge in [-0.3, -0.25) is 4.79 Å². The molecule has 2 rings (SSSR count). The molecule has 0 fully saturated rings. The molecule has 0 aliphatic heterocycles. The molecule has 1 N–H and O–H groups in total. The van der Waals surface area contributed by atoms with Crippen LogP contribution in [0.2, 0.25) is 0 Å². The highest BCUT2D eigenvalue weighted by Crippen LogP contribution is 2.33. The monoisotopic (exact) mass is 169 g/mol. The first kappa shape index (κ1) is 6.79. The molecule has 0 saturated carbocycles. The number of hydrogen-bond acceptors (Lipinski definition) is 3. The molecule has 0 amide bonds. The Balaban J connectivity index is 2.38. The summed E-state index contributed by atoms with van der Waals surface area (Å²) in [6, 6.07) is 0.